The van der Waals surface area contributed by atoms with Crippen molar-refractivity contribution >= 4 is 32.7 Å². The van der Waals surface area contributed by atoms with Gasteiger partial charge in [-0.05, 0) is 74.0 Å². The summed E-state index contributed by atoms with van der Waals surface area (Å²) in [7, 11) is 0. The zero-order valence-corrected chi connectivity index (χ0v) is 34.2. The number of fused-ring (bicyclic) bond motifs is 3. The predicted octanol–water partition coefficient (Wildman–Crippen LogP) is 12.7. The molecular formula is C50H42N4Pt. The molecule has 0 bridgehead atoms. The molecule has 0 aliphatic carbocycles. The van der Waals surface area contributed by atoms with Gasteiger partial charge in [-0.25, -0.2) is 0 Å². The largest absolute Gasteiger partial charge is 2.00 e. The Kier molecular flexibility index (Phi) is 9.22. The van der Waals surface area contributed by atoms with Gasteiger partial charge in [0.2, 0.25) is 0 Å². The second-order valence-electron chi connectivity index (χ2n) is 16.3. The van der Waals surface area contributed by atoms with Gasteiger partial charge in [0.25, 0.3) is 0 Å². The first-order valence-corrected chi connectivity index (χ1v) is 18.7. The van der Waals surface area contributed by atoms with E-state index in [0.717, 1.165) is 83.6 Å². The third-order valence-electron chi connectivity index (χ3n) is 10.4. The van der Waals surface area contributed by atoms with Crippen molar-refractivity contribution < 1.29 is 21.1 Å². The smallest absolute Gasteiger partial charge is 0.656 e. The van der Waals surface area contributed by atoms with Crippen molar-refractivity contribution in [1.29, 1.82) is 0 Å². The number of imidazole rings is 1. The molecule has 55 heavy (non-hydrogen) atoms. The number of para-hydroxylation sites is 3. The van der Waals surface area contributed by atoms with Crippen LogP contribution in [-0.2, 0) is 31.9 Å². The maximum atomic E-state index is 5.52. The Hall–Kier alpha value is -5.57. The summed E-state index contributed by atoms with van der Waals surface area (Å²) in [6.07, 6.45) is 0. The molecule has 4 nitrogen and oxygen atoms in total. The van der Waals surface area contributed by atoms with Crippen molar-refractivity contribution in [2.75, 3.05) is 0 Å². The van der Waals surface area contributed by atoms with E-state index in [4.69, 9.17) is 15.0 Å². The van der Waals surface area contributed by atoms with Crippen LogP contribution in [0, 0.1) is 6.07 Å². The third-order valence-corrected chi connectivity index (χ3v) is 10.4. The van der Waals surface area contributed by atoms with Crippen LogP contribution in [-0.4, -0.2) is 14.5 Å². The van der Waals surface area contributed by atoms with E-state index in [-0.39, 0.29) is 31.9 Å². The average molecular weight is 894 g/mol. The van der Waals surface area contributed by atoms with Crippen LogP contribution in [0.4, 0.5) is 0 Å². The number of hydrogen-bond donors (Lipinski definition) is 0. The fraction of sp³-hybridized carbons (Fsp3) is 0.160. The van der Waals surface area contributed by atoms with Gasteiger partial charge in [-0.2, -0.15) is 0 Å². The Morgan fingerprint density at radius 1 is 0.564 bits per heavy atom. The summed E-state index contributed by atoms with van der Waals surface area (Å²) in [6, 6.07) is 55.1. The Morgan fingerprint density at radius 2 is 1.16 bits per heavy atom. The molecule has 3 aromatic heterocycles. The monoisotopic (exact) mass is 893 g/mol. The van der Waals surface area contributed by atoms with Gasteiger partial charge in [-0.3, -0.25) is 9.97 Å². The topological polar surface area (TPSA) is 44.8 Å². The third kappa shape index (κ3) is 6.64. The molecular weight excluding hydrogens is 852 g/mol. The molecule has 0 unspecified atom stereocenters. The van der Waals surface area contributed by atoms with Gasteiger partial charge < -0.3 is 9.55 Å². The molecule has 0 saturated carbocycles. The first-order valence-electron chi connectivity index (χ1n) is 18.7. The minimum Gasteiger partial charge on any atom is -0.656 e. The van der Waals surface area contributed by atoms with Crippen LogP contribution in [0.5, 0.6) is 0 Å². The normalized spacial score (nSPS) is 12.0. The van der Waals surface area contributed by atoms with Crippen molar-refractivity contribution in [2.24, 2.45) is 0 Å². The second kappa shape index (κ2) is 13.9. The molecule has 0 aliphatic heterocycles. The van der Waals surface area contributed by atoms with Gasteiger partial charge in [0, 0.05) is 11.4 Å². The minimum absolute atomic E-state index is 0. The number of pyridine rings is 1. The Labute approximate surface area is 337 Å². The quantitative estimate of drug-likeness (QED) is 0.162. The maximum absolute atomic E-state index is 5.52. The zero-order chi connectivity index (χ0) is 37.2. The van der Waals surface area contributed by atoms with Crippen molar-refractivity contribution in [3.63, 3.8) is 0 Å². The molecule has 0 N–H and O–H groups in total. The van der Waals surface area contributed by atoms with Crippen molar-refractivity contribution in [2.45, 2.75) is 52.4 Å². The Bertz CT molecular complexity index is 2830. The molecule has 272 valence electrons. The summed E-state index contributed by atoms with van der Waals surface area (Å²) in [6.45, 7) is 13.6. The maximum Gasteiger partial charge on any atom is 2.00 e. The molecule has 0 radical (unpaired) electrons. The molecule has 0 fully saturated rings. The van der Waals surface area contributed by atoms with Gasteiger partial charge in [0.05, 0.1) is 22.4 Å². The van der Waals surface area contributed by atoms with E-state index >= 15 is 0 Å². The van der Waals surface area contributed by atoms with E-state index in [1.54, 1.807) is 0 Å². The molecule has 9 rings (SSSR count). The van der Waals surface area contributed by atoms with Crippen LogP contribution in [0.15, 0.2) is 146 Å². The number of nitrogens with zero attached hydrogens (tertiary/aromatic N) is 4. The van der Waals surface area contributed by atoms with Crippen LogP contribution < -0.4 is 4.98 Å². The second-order valence-corrected chi connectivity index (χ2v) is 16.3. The van der Waals surface area contributed by atoms with Gasteiger partial charge in [-0.1, -0.05) is 156 Å². The zero-order valence-electron chi connectivity index (χ0n) is 32.0. The summed E-state index contributed by atoms with van der Waals surface area (Å²) >= 11 is 0. The molecule has 9 aromatic rings. The van der Waals surface area contributed by atoms with Gasteiger partial charge in [0.15, 0.2) is 0 Å². The van der Waals surface area contributed by atoms with Crippen LogP contribution in [0.3, 0.4) is 0 Å². The first kappa shape index (κ1) is 36.4. The number of rotatable bonds is 5. The van der Waals surface area contributed by atoms with Gasteiger partial charge >= 0.3 is 21.1 Å². The standard InChI is InChI=1S/C50H42N4.Pt/c1-49(2,3)36-29-34(27-35(30-36)48-52-43-23-15-16-24-44(43)54(48)38-19-11-8-12-20-38)42-26-25-33-28-37(50(4,5)6)31-41(46(33)51-42)47-40-22-14-13-21-39(40)45(53-47)32-17-9-7-10-18-32;/h7-26,28-31H,1-6H3;/q-2;+2. The molecule has 0 atom stereocenters. The fourth-order valence-corrected chi connectivity index (χ4v) is 7.45. The molecule has 0 aliphatic rings. The predicted molar refractivity (Wildman–Crippen MR) is 225 cm³/mol. The Balaban J connectivity index is 0.00000427. The number of hydrogen-bond acceptors (Lipinski definition) is 2. The van der Waals surface area contributed by atoms with E-state index in [1.165, 1.54) is 11.1 Å². The molecule has 3 heterocycles. The molecule has 0 saturated heterocycles. The summed E-state index contributed by atoms with van der Waals surface area (Å²) in [5, 5.41) is 3.35. The van der Waals surface area contributed by atoms with Crippen LogP contribution >= 0.6 is 0 Å². The van der Waals surface area contributed by atoms with E-state index in [2.05, 4.69) is 186 Å². The van der Waals surface area contributed by atoms with Crippen LogP contribution in [0.2, 0.25) is 0 Å². The molecule has 0 spiro atoms. The first-order chi connectivity index (χ1) is 26.0. The summed E-state index contributed by atoms with van der Waals surface area (Å²) in [5.41, 5.74) is 13.0. The van der Waals surface area contributed by atoms with Crippen LogP contribution in [0.25, 0.3) is 83.6 Å². The van der Waals surface area contributed by atoms with Gasteiger partial charge in [0.1, 0.15) is 0 Å². The van der Waals surface area contributed by atoms with Gasteiger partial charge in [-0.15, -0.1) is 35.2 Å². The van der Waals surface area contributed by atoms with Crippen LogP contribution in [0.1, 0.15) is 52.7 Å². The van der Waals surface area contributed by atoms with Crippen molar-refractivity contribution in [1.82, 2.24) is 19.5 Å². The van der Waals surface area contributed by atoms with E-state index in [9.17, 15) is 0 Å². The molecule has 0 amide bonds. The summed E-state index contributed by atoms with van der Waals surface area (Å²) in [4.78, 5) is 16.1. The van der Waals surface area contributed by atoms with E-state index in [0.29, 0.717) is 0 Å². The SMILES string of the molecule is CC(C)(C)c1cc(-c2ccc3cc(C(C)(C)C)cc(-c4[n-]c(-c5ccccc5)c5ccccc45)c3n2)[c-]c(-c2nc3ccccc3n2-c2ccccc2)c1.[Pt+2]. The average Bonchev–Trinajstić information content (AvgIpc) is 3.77. The molecule has 6 aromatic carbocycles. The van der Waals surface area contributed by atoms with Crippen molar-refractivity contribution in [3.05, 3.63) is 163 Å². The molecule has 5 heteroatoms. The van der Waals surface area contributed by atoms with E-state index < -0.39 is 0 Å². The summed E-state index contributed by atoms with van der Waals surface area (Å²) < 4.78 is 2.24. The minimum atomic E-state index is -0.127. The van der Waals surface area contributed by atoms with E-state index in [1.807, 2.05) is 12.1 Å². The fourth-order valence-electron chi connectivity index (χ4n) is 7.45. The number of benzene rings is 6. The number of aromatic nitrogens is 4. The summed E-state index contributed by atoms with van der Waals surface area (Å²) in [5.74, 6) is 0.854. The van der Waals surface area contributed by atoms with Crippen molar-refractivity contribution in [3.8, 4) is 50.8 Å². The Morgan fingerprint density at radius 3 is 1.87 bits per heavy atom.